The third-order valence-corrected chi connectivity index (χ3v) is 5.35. The Labute approximate surface area is 122 Å². The van der Waals surface area contributed by atoms with E-state index in [2.05, 4.69) is 23.2 Å². The van der Waals surface area contributed by atoms with Crippen molar-refractivity contribution in [1.29, 1.82) is 0 Å². The van der Waals surface area contributed by atoms with Crippen LogP contribution in [0.5, 0.6) is 0 Å². The van der Waals surface area contributed by atoms with Gasteiger partial charge in [0, 0.05) is 12.1 Å². The van der Waals surface area contributed by atoms with Crippen LogP contribution in [0.25, 0.3) is 0 Å². The van der Waals surface area contributed by atoms with Crippen LogP contribution in [-0.2, 0) is 13.1 Å². The molecule has 0 aromatic carbocycles. The molecule has 3 rings (SSSR count). The molecule has 112 valence electrons. The predicted molar refractivity (Wildman–Crippen MR) is 81.5 cm³/mol. The van der Waals surface area contributed by atoms with Gasteiger partial charge in [0.2, 0.25) is 0 Å². The first kappa shape index (κ1) is 14.2. The largest absolute Gasteiger partial charge is 0.468 e. The highest BCUT2D eigenvalue weighted by molar-refractivity contribution is 5.17. The van der Waals surface area contributed by atoms with Gasteiger partial charge >= 0.3 is 0 Å². The van der Waals surface area contributed by atoms with Crippen LogP contribution in [0, 0.1) is 5.41 Å². The number of hydrogen-bond donors (Lipinski definition) is 1. The van der Waals surface area contributed by atoms with Crippen molar-refractivity contribution < 1.29 is 4.42 Å². The van der Waals surface area contributed by atoms with Crippen LogP contribution in [0.3, 0.4) is 0 Å². The second-order valence-electron chi connectivity index (χ2n) is 6.63. The summed E-state index contributed by atoms with van der Waals surface area (Å²) in [5, 5.41) is 3.39. The van der Waals surface area contributed by atoms with Gasteiger partial charge in [-0.25, -0.2) is 0 Å². The number of furan rings is 1. The van der Waals surface area contributed by atoms with E-state index in [-0.39, 0.29) is 0 Å². The van der Waals surface area contributed by atoms with Crippen LogP contribution < -0.4 is 5.32 Å². The topological polar surface area (TPSA) is 28.4 Å². The molecule has 2 aliphatic rings. The van der Waals surface area contributed by atoms with Gasteiger partial charge in [-0.1, -0.05) is 19.8 Å². The van der Waals surface area contributed by atoms with Crippen molar-refractivity contribution in [3.05, 3.63) is 23.7 Å². The maximum absolute atomic E-state index is 5.70. The van der Waals surface area contributed by atoms with Gasteiger partial charge in [0.25, 0.3) is 0 Å². The number of rotatable bonds is 5. The van der Waals surface area contributed by atoms with Crippen LogP contribution >= 0.6 is 0 Å². The molecule has 0 radical (unpaired) electrons. The summed E-state index contributed by atoms with van der Waals surface area (Å²) in [5.41, 5.74) is 2.04. The number of nitrogens with zero attached hydrogens (tertiary/aromatic N) is 1. The van der Waals surface area contributed by atoms with Gasteiger partial charge in [0.1, 0.15) is 5.76 Å². The summed E-state index contributed by atoms with van der Waals surface area (Å²) in [6.07, 6.45) is 10.5. The zero-order chi connectivity index (χ0) is 13.8. The Hall–Kier alpha value is -0.800. The highest BCUT2D eigenvalue weighted by Gasteiger charge is 2.36. The molecule has 1 aliphatic heterocycles. The fourth-order valence-corrected chi connectivity index (χ4v) is 3.94. The molecule has 1 saturated carbocycles. The zero-order valence-electron chi connectivity index (χ0n) is 12.8. The van der Waals surface area contributed by atoms with Crippen molar-refractivity contribution in [3.8, 4) is 0 Å². The summed E-state index contributed by atoms with van der Waals surface area (Å²) >= 11 is 0. The Balaban J connectivity index is 1.53. The Morgan fingerprint density at radius 3 is 2.65 bits per heavy atom. The van der Waals surface area contributed by atoms with Crippen molar-refractivity contribution >= 4 is 0 Å². The van der Waals surface area contributed by atoms with Crippen LogP contribution in [0.4, 0.5) is 0 Å². The summed E-state index contributed by atoms with van der Waals surface area (Å²) in [5.74, 6) is 1.16. The number of nitrogens with one attached hydrogen (secondary N) is 1. The zero-order valence-corrected chi connectivity index (χ0v) is 12.8. The van der Waals surface area contributed by atoms with E-state index in [0.717, 1.165) is 25.4 Å². The quantitative estimate of drug-likeness (QED) is 0.891. The van der Waals surface area contributed by atoms with Gasteiger partial charge in [0.05, 0.1) is 12.8 Å². The molecule has 1 aliphatic carbocycles. The van der Waals surface area contributed by atoms with Crippen LogP contribution in [0.15, 0.2) is 16.7 Å². The summed E-state index contributed by atoms with van der Waals surface area (Å²) < 4.78 is 5.70. The standard InChI is InChI=1S/C17H28N2O/c1-2-18-13-15-5-12-20-16(15)14-19-10-8-17(9-11-19)6-3-4-7-17/h5,12,18H,2-4,6-11,13-14H2,1H3. The van der Waals surface area contributed by atoms with E-state index in [9.17, 15) is 0 Å². The maximum atomic E-state index is 5.70. The lowest BCUT2D eigenvalue weighted by atomic mass is 9.77. The molecule has 1 spiro atoms. The molecule has 0 bridgehead atoms. The molecule has 0 atom stereocenters. The summed E-state index contributed by atoms with van der Waals surface area (Å²) in [4.78, 5) is 2.58. The molecular weight excluding hydrogens is 248 g/mol. The maximum Gasteiger partial charge on any atom is 0.122 e. The monoisotopic (exact) mass is 276 g/mol. The first-order valence-electron chi connectivity index (χ1n) is 8.30. The second-order valence-corrected chi connectivity index (χ2v) is 6.63. The molecule has 3 heteroatoms. The van der Waals surface area contributed by atoms with Gasteiger partial charge in [-0.05, 0) is 56.8 Å². The van der Waals surface area contributed by atoms with Crippen LogP contribution in [0.2, 0.25) is 0 Å². The number of likely N-dealkylation sites (tertiary alicyclic amines) is 1. The van der Waals surface area contributed by atoms with Crippen LogP contribution in [-0.4, -0.2) is 24.5 Å². The van der Waals surface area contributed by atoms with Crippen molar-refractivity contribution in [2.24, 2.45) is 5.41 Å². The Morgan fingerprint density at radius 2 is 1.95 bits per heavy atom. The lowest BCUT2D eigenvalue weighted by Gasteiger charge is -2.39. The highest BCUT2D eigenvalue weighted by Crippen LogP contribution is 2.46. The minimum Gasteiger partial charge on any atom is -0.468 e. The molecule has 2 fully saturated rings. The highest BCUT2D eigenvalue weighted by atomic mass is 16.3. The molecule has 0 amide bonds. The lowest BCUT2D eigenvalue weighted by molar-refractivity contribution is 0.0979. The van der Waals surface area contributed by atoms with Crippen LogP contribution in [0.1, 0.15) is 56.8 Å². The van der Waals surface area contributed by atoms with Crippen molar-refractivity contribution in [1.82, 2.24) is 10.2 Å². The molecule has 20 heavy (non-hydrogen) atoms. The second kappa shape index (κ2) is 6.31. The molecule has 1 saturated heterocycles. The minimum absolute atomic E-state index is 0.715. The average molecular weight is 276 g/mol. The SMILES string of the molecule is CCNCc1ccoc1CN1CCC2(CCCC2)CC1. The van der Waals surface area contributed by atoms with E-state index in [1.54, 1.807) is 0 Å². The Kier molecular flexibility index (Phi) is 4.47. The van der Waals surface area contributed by atoms with E-state index in [1.165, 1.54) is 57.2 Å². The summed E-state index contributed by atoms with van der Waals surface area (Å²) in [6, 6.07) is 2.11. The van der Waals surface area contributed by atoms with Crippen molar-refractivity contribution in [3.63, 3.8) is 0 Å². The van der Waals surface area contributed by atoms with E-state index < -0.39 is 0 Å². The summed E-state index contributed by atoms with van der Waals surface area (Å²) in [7, 11) is 0. The molecule has 3 nitrogen and oxygen atoms in total. The fraction of sp³-hybridized carbons (Fsp3) is 0.765. The lowest BCUT2D eigenvalue weighted by Crippen LogP contribution is -2.38. The first-order chi connectivity index (χ1) is 9.81. The number of hydrogen-bond acceptors (Lipinski definition) is 3. The van der Waals surface area contributed by atoms with E-state index in [4.69, 9.17) is 4.42 Å². The smallest absolute Gasteiger partial charge is 0.122 e. The summed E-state index contributed by atoms with van der Waals surface area (Å²) in [6.45, 7) is 7.58. The van der Waals surface area contributed by atoms with E-state index >= 15 is 0 Å². The first-order valence-corrected chi connectivity index (χ1v) is 8.30. The van der Waals surface area contributed by atoms with Crippen molar-refractivity contribution in [2.75, 3.05) is 19.6 Å². The molecule has 2 heterocycles. The van der Waals surface area contributed by atoms with E-state index in [1.807, 2.05) is 6.26 Å². The number of piperidine rings is 1. The van der Waals surface area contributed by atoms with Gasteiger partial charge in [0.15, 0.2) is 0 Å². The minimum atomic E-state index is 0.715. The van der Waals surface area contributed by atoms with E-state index in [0.29, 0.717) is 5.41 Å². The average Bonchev–Trinajstić information content (AvgIpc) is 3.09. The van der Waals surface area contributed by atoms with Gasteiger partial charge < -0.3 is 9.73 Å². The molecule has 1 N–H and O–H groups in total. The molecule has 1 aromatic heterocycles. The molecule has 0 unspecified atom stereocenters. The van der Waals surface area contributed by atoms with Gasteiger partial charge in [-0.2, -0.15) is 0 Å². The molecule has 1 aromatic rings. The normalized spacial score (nSPS) is 22.6. The Morgan fingerprint density at radius 1 is 1.20 bits per heavy atom. The predicted octanol–water partition coefficient (Wildman–Crippen LogP) is 3.55. The van der Waals surface area contributed by atoms with Gasteiger partial charge in [-0.3, -0.25) is 4.90 Å². The van der Waals surface area contributed by atoms with Gasteiger partial charge in [-0.15, -0.1) is 0 Å². The third-order valence-electron chi connectivity index (χ3n) is 5.35. The van der Waals surface area contributed by atoms with Crippen molar-refractivity contribution in [2.45, 2.75) is 58.5 Å². The Bertz CT molecular complexity index is 410. The molecular formula is C17H28N2O. The fourth-order valence-electron chi connectivity index (χ4n) is 3.94. The third kappa shape index (κ3) is 3.09.